The van der Waals surface area contributed by atoms with Gasteiger partial charge in [0.2, 0.25) is 0 Å². The van der Waals surface area contributed by atoms with Crippen LogP contribution in [0.1, 0.15) is 60.2 Å². The highest BCUT2D eigenvalue weighted by Gasteiger charge is 2.34. The van der Waals surface area contributed by atoms with E-state index in [-0.39, 0.29) is 29.8 Å². The lowest BCUT2D eigenvalue weighted by Crippen LogP contribution is -2.51. The number of amides is 2. The second-order valence-corrected chi connectivity index (χ2v) is 6.20. The summed E-state index contributed by atoms with van der Waals surface area (Å²) in [4.78, 5) is 26.5. The van der Waals surface area contributed by atoms with Crippen molar-refractivity contribution in [2.24, 2.45) is 5.73 Å². The molecule has 0 saturated heterocycles. The summed E-state index contributed by atoms with van der Waals surface area (Å²) < 4.78 is 0. The number of hydrogen-bond acceptors (Lipinski definition) is 3. The molecule has 24 heavy (non-hydrogen) atoms. The molecule has 5 nitrogen and oxygen atoms in total. The number of carbonyl (C=O) groups is 2. The Bertz CT molecular complexity index is 550. The van der Waals surface area contributed by atoms with Gasteiger partial charge in [-0.15, -0.1) is 12.4 Å². The normalized spacial score (nSPS) is 15.5. The zero-order chi connectivity index (χ0) is 16.9. The van der Waals surface area contributed by atoms with E-state index in [2.05, 4.69) is 5.32 Å². The molecule has 0 aromatic heterocycles. The van der Waals surface area contributed by atoms with Crippen molar-refractivity contribution in [3.05, 3.63) is 35.4 Å². The van der Waals surface area contributed by atoms with Crippen LogP contribution >= 0.6 is 12.4 Å². The second-order valence-electron chi connectivity index (χ2n) is 6.20. The minimum absolute atomic E-state index is 0. The van der Waals surface area contributed by atoms with E-state index in [0.717, 1.165) is 25.7 Å². The van der Waals surface area contributed by atoms with Crippen LogP contribution in [0.2, 0.25) is 0 Å². The quantitative estimate of drug-likeness (QED) is 0.825. The molecule has 0 aliphatic heterocycles. The maximum absolute atomic E-state index is 12.4. The molecule has 3 N–H and O–H groups in total. The van der Waals surface area contributed by atoms with E-state index in [1.807, 2.05) is 13.8 Å². The summed E-state index contributed by atoms with van der Waals surface area (Å²) in [6.45, 7) is 5.73. The fraction of sp³-hybridized carbons (Fsp3) is 0.556. The number of benzene rings is 1. The molecular weight excluding hydrogens is 326 g/mol. The lowest BCUT2D eigenvalue weighted by Gasteiger charge is -2.28. The molecule has 0 bridgehead atoms. The van der Waals surface area contributed by atoms with Gasteiger partial charge in [0.25, 0.3) is 11.8 Å². The van der Waals surface area contributed by atoms with E-state index >= 15 is 0 Å². The molecule has 0 radical (unpaired) electrons. The summed E-state index contributed by atoms with van der Waals surface area (Å²) in [6.07, 6.45) is 4.09. The topological polar surface area (TPSA) is 75.4 Å². The van der Waals surface area contributed by atoms with E-state index in [4.69, 9.17) is 5.73 Å². The monoisotopic (exact) mass is 353 g/mol. The lowest BCUT2D eigenvalue weighted by molar-refractivity contribution is 0.0772. The minimum atomic E-state index is -0.257. The molecule has 2 amide bonds. The van der Waals surface area contributed by atoms with E-state index in [1.165, 1.54) is 0 Å². The molecule has 134 valence electrons. The van der Waals surface area contributed by atoms with Crippen molar-refractivity contribution in [2.45, 2.75) is 45.1 Å². The second kappa shape index (κ2) is 9.04. The molecule has 0 heterocycles. The Labute approximate surface area is 150 Å². The number of carbonyl (C=O) groups excluding carboxylic acids is 2. The summed E-state index contributed by atoms with van der Waals surface area (Å²) in [5.41, 5.74) is 6.78. The van der Waals surface area contributed by atoms with Gasteiger partial charge in [-0.2, -0.15) is 0 Å². The number of nitrogens with one attached hydrogen (secondary N) is 1. The highest BCUT2D eigenvalue weighted by molar-refractivity contribution is 5.98. The van der Waals surface area contributed by atoms with Crippen LogP contribution < -0.4 is 11.1 Å². The van der Waals surface area contributed by atoms with E-state index < -0.39 is 0 Å². The molecule has 1 aliphatic rings. The van der Waals surface area contributed by atoms with Crippen LogP contribution in [-0.4, -0.2) is 41.9 Å². The lowest BCUT2D eigenvalue weighted by atomic mass is 9.97. The number of nitrogens with zero attached hydrogens (tertiary/aromatic N) is 1. The fourth-order valence-corrected chi connectivity index (χ4v) is 3.20. The van der Waals surface area contributed by atoms with Crippen molar-refractivity contribution >= 4 is 24.2 Å². The fourth-order valence-electron chi connectivity index (χ4n) is 3.20. The molecule has 0 atom stereocenters. The van der Waals surface area contributed by atoms with E-state index in [0.29, 0.717) is 30.8 Å². The first-order chi connectivity index (χ1) is 11.0. The standard InChI is InChI=1S/C18H27N3O2.ClH/c1-3-21(4-2)17(23)15-9-7-14(8-10-15)16(22)20-18(13-19)11-5-6-12-18;/h7-10H,3-6,11-13,19H2,1-2H3,(H,20,22);1H. The predicted molar refractivity (Wildman–Crippen MR) is 98.7 cm³/mol. The molecule has 1 saturated carbocycles. The Morgan fingerprint density at radius 1 is 1.08 bits per heavy atom. The van der Waals surface area contributed by atoms with Crippen molar-refractivity contribution in [3.63, 3.8) is 0 Å². The van der Waals surface area contributed by atoms with Gasteiger partial charge in [0.15, 0.2) is 0 Å². The van der Waals surface area contributed by atoms with E-state index in [9.17, 15) is 9.59 Å². The average molecular weight is 354 g/mol. The van der Waals surface area contributed by atoms with Gasteiger partial charge < -0.3 is 16.0 Å². The van der Waals surface area contributed by atoms with Gasteiger partial charge >= 0.3 is 0 Å². The number of nitrogens with two attached hydrogens (primary N) is 1. The highest BCUT2D eigenvalue weighted by atomic mass is 35.5. The Kier molecular flexibility index (Phi) is 7.70. The van der Waals surface area contributed by atoms with Gasteiger partial charge in [-0.25, -0.2) is 0 Å². The molecule has 1 aliphatic carbocycles. The van der Waals surface area contributed by atoms with E-state index in [1.54, 1.807) is 29.2 Å². The van der Waals surface area contributed by atoms with Crippen molar-refractivity contribution < 1.29 is 9.59 Å². The van der Waals surface area contributed by atoms with Crippen molar-refractivity contribution in [1.82, 2.24) is 10.2 Å². The number of rotatable bonds is 6. The summed E-state index contributed by atoms with van der Waals surface area (Å²) >= 11 is 0. The van der Waals surface area contributed by atoms with Gasteiger partial charge in [-0.1, -0.05) is 12.8 Å². The maximum Gasteiger partial charge on any atom is 0.253 e. The number of halogens is 1. The smallest absolute Gasteiger partial charge is 0.253 e. The average Bonchev–Trinajstić information content (AvgIpc) is 3.05. The van der Waals surface area contributed by atoms with Crippen LogP contribution in [0.4, 0.5) is 0 Å². The Morgan fingerprint density at radius 2 is 1.58 bits per heavy atom. The molecule has 2 rings (SSSR count). The number of hydrogen-bond donors (Lipinski definition) is 2. The van der Waals surface area contributed by atoms with Crippen LogP contribution in [0, 0.1) is 0 Å². The zero-order valence-electron chi connectivity index (χ0n) is 14.5. The summed E-state index contributed by atoms with van der Waals surface area (Å²) in [5, 5.41) is 3.09. The van der Waals surface area contributed by atoms with Crippen LogP contribution in [0.3, 0.4) is 0 Å². The van der Waals surface area contributed by atoms with Crippen LogP contribution in [0.15, 0.2) is 24.3 Å². The van der Waals surface area contributed by atoms with Crippen molar-refractivity contribution in [2.75, 3.05) is 19.6 Å². The first-order valence-corrected chi connectivity index (χ1v) is 8.47. The van der Waals surface area contributed by atoms with Gasteiger partial charge in [-0.3, -0.25) is 9.59 Å². The van der Waals surface area contributed by atoms with Gasteiger partial charge in [-0.05, 0) is 51.0 Å². The van der Waals surface area contributed by atoms with Crippen LogP contribution in [-0.2, 0) is 0 Å². The van der Waals surface area contributed by atoms with Gasteiger partial charge in [0, 0.05) is 30.8 Å². The predicted octanol–water partition coefficient (Wildman–Crippen LogP) is 2.59. The highest BCUT2D eigenvalue weighted by Crippen LogP contribution is 2.28. The Morgan fingerprint density at radius 3 is 2.04 bits per heavy atom. The third-order valence-corrected chi connectivity index (χ3v) is 4.77. The summed E-state index contributed by atoms with van der Waals surface area (Å²) in [7, 11) is 0. The molecule has 1 fully saturated rings. The molecule has 0 unspecified atom stereocenters. The zero-order valence-corrected chi connectivity index (χ0v) is 15.3. The Hall–Kier alpha value is -1.59. The minimum Gasteiger partial charge on any atom is -0.345 e. The molecular formula is C18H28ClN3O2. The third-order valence-electron chi connectivity index (χ3n) is 4.77. The summed E-state index contributed by atoms with van der Waals surface area (Å²) in [5.74, 6) is -0.115. The van der Waals surface area contributed by atoms with Crippen LogP contribution in [0.25, 0.3) is 0 Å². The maximum atomic E-state index is 12.4. The molecule has 1 aromatic carbocycles. The largest absolute Gasteiger partial charge is 0.345 e. The van der Waals surface area contributed by atoms with Crippen LogP contribution in [0.5, 0.6) is 0 Å². The molecule has 1 aromatic rings. The molecule has 6 heteroatoms. The summed E-state index contributed by atoms with van der Waals surface area (Å²) in [6, 6.07) is 6.87. The van der Waals surface area contributed by atoms with Gasteiger partial charge in [0.05, 0.1) is 5.54 Å². The van der Waals surface area contributed by atoms with Gasteiger partial charge in [0.1, 0.15) is 0 Å². The Balaban J connectivity index is 0.00000288. The van der Waals surface area contributed by atoms with Crippen molar-refractivity contribution in [3.8, 4) is 0 Å². The van der Waals surface area contributed by atoms with Crippen molar-refractivity contribution in [1.29, 1.82) is 0 Å². The third kappa shape index (κ3) is 4.48. The first-order valence-electron chi connectivity index (χ1n) is 8.47. The molecule has 0 spiro atoms. The first kappa shape index (κ1) is 20.5. The SMILES string of the molecule is CCN(CC)C(=O)c1ccc(C(=O)NC2(CN)CCCC2)cc1.Cl.